The van der Waals surface area contributed by atoms with E-state index in [1.54, 1.807) is 23.7 Å². The summed E-state index contributed by atoms with van der Waals surface area (Å²) in [6.45, 7) is 5.81. The van der Waals surface area contributed by atoms with E-state index >= 15 is 0 Å². The molecule has 42 heavy (non-hydrogen) atoms. The molecule has 11 heteroatoms. The highest BCUT2D eigenvalue weighted by Gasteiger charge is 2.47. The molecule has 0 spiro atoms. The van der Waals surface area contributed by atoms with Crippen molar-refractivity contribution in [2.75, 3.05) is 60.7 Å². The van der Waals surface area contributed by atoms with Crippen LogP contribution in [0.3, 0.4) is 0 Å². The van der Waals surface area contributed by atoms with E-state index in [2.05, 4.69) is 10.00 Å². The summed E-state index contributed by atoms with van der Waals surface area (Å²) in [4.78, 5) is 31.1. The highest BCUT2D eigenvalue weighted by molar-refractivity contribution is 6.46. The van der Waals surface area contributed by atoms with Crippen LogP contribution in [0.5, 0.6) is 17.2 Å². The molecule has 1 unspecified atom stereocenters. The Labute approximate surface area is 244 Å². The summed E-state index contributed by atoms with van der Waals surface area (Å²) < 4.78 is 23.9. The number of rotatable bonds is 10. The van der Waals surface area contributed by atoms with Gasteiger partial charge in [0, 0.05) is 37.8 Å². The summed E-state index contributed by atoms with van der Waals surface area (Å²) >= 11 is 0. The zero-order valence-electron chi connectivity index (χ0n) is 24.3. The van der Waals surface area contributed by atoms with Crippen LogP contribution in [-0.4, -0.2) is 97.1 Å². The van der Waals surface area contributed by atoms with Gasteiger partial charge in [-0.1, -0.05) is 18.2 Å². The summed E-state index contributed by atoms with van der Waals surface area (Å²) in [5.41, 5.74) is 2.24. The second kappa shape index (κ2) is 12.7. The number of morpholine rings is 1. The number of nitrogens with zero attached hydrogens (tertiary/aromatic N) is 4. The van der Waals surface area contributed by atoms with Crippen LogP contribution in [0.2, 0.25) is 0 Å². The number of carbonyl (C=O) groups is 2. The van der Waals surface area contributed by atoms with Crippen molar-refractivity contribution in [2.45, 2.75) is 19.4 Å². The van der Waals surface area contributed by atoms with Gasteiger partial charge in [0.05, 0.1) is 69.3 Å². The van der Waals surface area contributed by atoms with Crippen molar-refractivity contribution in [3.8, 4) is 22.9 Å². The van der Waals surface area contributed by atoms with Crippen molar-refractivity contribution in [1.29, 1.82) is 0 Å². The fourth-order valence-corrected chi connectivity index (χ4v) is 5.61. The minimum atomic E-state index is -0.927. The van der Waals surface area contributed by atoms with E-state index in [-0.39, 0.29) is 11.3 Å². The first-order valence-corrected chi connectivity index (χ1v) is 13.9. The fraction of sp³-hybridized carbons (Fsp3) is 0.387. The van der Waals surface area contributed by atoms with Crippen LogP contribution in [0.4, 0.5) is 0 Å². The summed E-state index contributed by atoms with van der Waals surface area (Å²) in [6, 6.07) is 11.9. The van der Waals surface area contributed by atoms with Crippen LogP contribution in [0.15, 0.2) is 54.2 Å². The number of aliphatic hydroxyl groups excluding tert-OH is 1. The summed E-state index contributed by atoms with van der Waals surface area (Å²) in [5.74, 6) is -0.533. The topological polar surface area (TPSA) is 116 Å². The van der Waals surface area contributed by atoms with Crippen molar-refractivity contribution >= 4 is 17.4 Å². The van der Waals surface area contributed by atoms with Gasteiger partial charge in [0.15, 0.2) is 11.5 Å². The van der Waals surface area contributed by atoms with Gasteiger partial charge in [0.1, 0.15) is 11.5 Å². The molecular formula is C31H36N4O7. The molecule has 5 rings (SSSR count). The molecule has 3 heterocycles. The van der Waals surface area contributed by atoms with Crippen LogP contribution >= 0.6 is 0 Å². The van der Waals surface area contributed by atoms with Crippen LogP contribution in [0, 0.1) is 6.92 Å². The van der Waals surface area contributed by atoms with Crippen molar-refractivity contribution in [3.05, 3.63) is 71.1 Å². The Hall–Kier alpha value is -4.35. The SMILES string of the molecule is COc1cc(OC)c(C2C(=C(O)c3cnn(-c4ccccc4)c3C)C(=O)C(=O)N2CCCN2CCOCC2)cc1OC. The number of methoxy groups -OCH3 is 3. The van der Waals surface area contributed by atoms with E-state index in [9.17, 15) is 14.7 Å². The van der Waals surface area contributed by atoms with Gasteiger partial charge in [0.2, 0.25) is 0 Å². The molecule has 2 saturated heterocycles. The van der Waals surface area contributed by atoms with Gasteiger partial charge < -0.3 is 29.0 Å². The highest BCUT2D eigenvalue weighted by Crippen LogP contribution is 2.46. The van der Waals surface area contributed by atoms with Gasteiger partial charge in [-0.25, -0.2) is 4.68 Å². The molecule has 2 aliphatic heterocycles. The molecule has 2 aromatic carbocycles. The predicted molar refractivity (Wildman–Crippen MR) is 155 cm³/mol. The monoisotopic (exact) mass is 576 g/mol. The van der Waals surface area contributed by atoms with Gasteiger partial charge in [0.25, 0.3) is 11.7 Å². The molecule has 0 aliphatic carbocycles. The normalized spacial score (nSPS) is 18.9. The number of likely N-dealkylation sites (tertiary alicyclic amines) is 1. The second-order valence-electron chi connectivity index (χ2n) is 10.1. The number of Topliss-reactive ketones (excluding diaryl/α,β-unsaturated/α-hetero) is 1. The number of ether oxygens (including phenoxy) is 4. The van der Waals surface area contributed by atoms with Gasteiger partial charge in [-0.05, 0) is 31.5 Å². The number of amides is 1. The number of para-hydroxylation sites is 1. The lowest BCUT2D eigenvalue weighted by Gasteiger charge is -2.30. The van der Waals surface area contributed by atoms with Crippen LogP contribution in [-0.2, 0) is 14.3 Å². The van der Waals surface area contributed by atoms with Crippen molar-refractivity contribution in [1.82, 2.24) is 19.6 Å². The summed E-state index contributed by atoms with van der Waals surface area (Å²) in [6.07, 6.45) is 2.14. The molecule has 0 saturated carbocycles. The molecular weight excluding hydrogens is 540 g/mol. The predicted octanol–water partition coefficient (Wildman–Crippen LogP) is 3.35. The number of aromatic nitrogens is 2. The first-order valence-electron chi connectivity index (χ1n) is 13.9. The number of benzene rings is 2. The van der Waals surface area contributed by atoms with Gasteiger partial charge in [-0.3, -0.25) is 14.5 Å². The zero-order chi connectivity index (χ0) is 29.8. The molecule has 1 atom stereocenters. The molecule has 0 radical (unpaired) electrons. The molecule has 0 bridgehead atoms. The Bertz CT molecular complexity index is 1480. The van der Waals surface area contributed by atoms with E-state index in [1.165, 1.54) is 32.4 Å². The lowest BCUT2D eigenvalue weighted by atomic mass is 9.94. The Morgan fingerprint density at radius 3 is 2.31 bits per heavy atom. The van der Waals surface area contributed by atoms with E-state index in [4.69, 9.17) is 18.9 Å². The minimum absolute atomic E-state index is 0.0346. The Kier molecular flexibility index (Phi) is 8.79. The third kappa shape index (κ3) is 5.45. The van der Waals surface area contributed by atoms with Crippen molar-refractivity contribution in [2.24, 2.45) is 0 Å². The third-order valence-electron chi connectivity index (χ3n) is 7.81. The van der Waals surface area contributed by atoms with Crippen molar-refractivity contribution < 1.29 is 33.6 Å². The first-order chi connectivity index (χ1) is 20.4. The van der Waals surface area contributed by atoms with Crippen molar-refractivity contribution in [3.63, 3.8) is 0 Å². The Morgan fingerprint density at radius 2 is 1.64 bits per heavy atom. The average Bonchev–Trinajstić information content (AvgIpc) is 3.53. The van der Waals surface area contributed by atoms with E-state index in [1.807, 2.05) is 30.3 Å². The first kappa shape index (κ1) is 29.2. The summed E-state index contributed by atoms with van der Waals surface area (Å²) in [7, 11) is 4.53. The van der Waals surface area contributed by atoms with Crippen LogP contribution in [0.25, 0.3) is 11.4 Å². The maximum atomic E-state index is 13.7. The number of hydrogen-bond acceptors (Lipinski definition) is 9. The smallest absolute Gasteiger partial charge is 0.295 e. The molecule has 2 aliphatic rings. The minimum Gasteiger partial charge on any atom is -0.507 e. The van der Waals surface area contributed by atoms with Gasteiger partial charge in [-0.2, -0.15) is 5.10 Å². The molecule has 1 N–H and O–H groups in total. The lowest BCUT2D eigenvalue weighted by Crippen LogP contribution is -2.39. The molecule has 222 valence electrons. The Morgan fingerprint density at radius 1 is 0.976 bits per heavy atom. The van der Waals surface area contributed by atoms with Crippen LogP contribution < -0.4 is 14.2 Å². The van der Waals surface area contributed by atoms with E-state index < -0.39 is 17.7 Å². The largest absolute Gasteiger partial charge is 0.507 e. The molecule has 2 fully saturated rings. The average molecular weight is 577 g/mol. The maximum absolute atomic E-state index is 13.7. The number of ketones is 1. The van der Waals surface area contributed by atoms with Crippen LogP contribution in [0.1, 0.15) is 29.3 Å². The molecule has 1 amide bonds. The molecule has 3 aromatic rings. The highest BCUT2D eigenvalue weighted by atomic mass is 16.5. The zero-order valence-corrected chi connectivity index (χ0v) is 24.3. The number of aliphatic hydroxyl groups is 1. The van der Waals surface area contributed by atoms with Gasteiger partial charge >= 0.3 is 0 Å². The lowest BCUT2D eigenvalue weighted by molar-refractivity contribution is -0.140. The maximum Gasteiger partial charge on any atom is 0.295 e. The van der Waals surface area contributed by atoms with E-state index in [0.29, 0.717) is 60.2 Å². The standard InChI is InChI=1S/C31H36N4O7/c1-20-23(19-32-35(20)21-9-6-5-7-10-21)29(36)27-28(22-17-25(40-3)26(41-4)18-24(22)39-2)34(31(38)30(27)37)12-8-11-33-13-15-42-16-14-33/h5-7,9-10,17-19,28,36H,8,11-16H2,1-4H3. The molecule has 1 aromatic heterocycles. The quantitative estimate of drug-likeness (QED) is 0.220. The number of carbonyl (C=O) groups excluding carboxylic acids is 2. The fourth-order valence-electron chi connectivity index (χ4n) is 5.61. The molecule has 11 nitrogen and oxygen atoms in total. The third-order valence-corrected chi connectivity index (χ3v) is 7.81. The van der Waals surface area contributed by atoms with Gasteiger partial charge in [-0.15, -0.1) is 0 Å². The second-order valence-corrected chi connectivity index (χ2v) is 10.1. The number of hydrogen-bond donors (Lipinski definition) is 1. The van der Waals surface area contributed by atoms with E-state index in [0.717, 1.165) is 25.3 Å². The Balaban J connectivity index is 1.60. The summed E-state index contributed by atoms with van der Waals surface area (Å²) in [5, 5.41) is 16.2.